The third-order valence-corrected chi connectivity index (χ3v) is 4.24. The molecule has 0 spiro atoms. The van der Waals surface area contributed by atoms with Crippen molar-refractivity contribution in [1.82, 2.24) is 10.6 Å². The van der Waals surface area contributed by atoms with E-state index < -0.39 is 4.92 Å². The topological polar surface area (TPSA) is 93.5 Å². The molecule has 0 radical (unpaired) electrons. The molecule has 0 aromatic heterocycles. The number of nitro groups is 1. The molecular weight excluding hydrogens is 286 g/mol. The molecule has 2 bridgehead atoms. The van der Waals surface area contributed by atoms with E-state index in [2.05, 4.69) is 10.6 Å². The van der Waals surface area contributed by atoms with E-state index in [9.17, 15) is 14.9 Å². The van der Waals surface area contributed by atoms with Crippen LogP contribution in [0.25, 0.3) is 0 Å². The van der Waals surface area contributed by atoms with Gasteiger partial charge in [-0.1, -0.05) is 6.07 Å². The first-order valence-electron chi connectivity index (χ1n) is 7.53. The van der Waals surface area contributed by atoms with Crippen molar-refractivity contribution >= 4 is 11.6 Å². The zero-order chi connectivity index (χ0) is 15.5. The number of hydrogen-bond acceptors (Lipinski definition) is 5. The molecule has 0 aliphatic carbocycles. The van der Waals surface area contributed by atoms with Gasteiger partial charge in [0.25, 0.3) is 11.6 Å². The number of nitrogens with zero attached hydrogens (tertiary/aromatic N) is 1. The second-order valence-electron chi connectivity index (χ2n) is 5.92. The van der Waals surface area contributed by atoms with Crippen molar-refractivity contribution in [2.45, 2.75) is 43.8 Å². The summed E-state index contributed by atoms with van der Waals surface area (Å²) in [6, 6.07) is 7.07. The molecule has 118 valence electrons. The first-order chi connectivity index (χ1) is 10.6. The fourth-order valence-electron chi connectivity index (χ4n) is 3.28. The highest BCUT2D eigenvalue weighted by atomic mass is 16.6. The molecule has 3 rings (SSSR count). The number of ether oxygens (including phenoxy) is 1. The van der Waals surface area contributed by atoms with Crippen LogP contribution in [0.15, 0.2) is 24.3 Å². The average molecular weight is 305 g/mol. The van der Waals surface area contributed by atoms with Crippen molar-refractivity contribution in [2.24, 2.45) is 0 Å². The lowest BCUT2D eigenvalue weighted by atomic mass is 10.00. The average Bonchev–Trinajstić information content (AvgIpc) is 2.84. The van der Waals surface area contributed by atoms with E-state index >= 15 is 0 Å². The highest BCUT2D eigenvalue weighted by Crippen LogP contribution is 2.26. The van der Waals surface area contributed by atoms with E-state index in [0.717, 1.165) is 12.8 Å². The molecule has 2 heterocycles. The quantitative estimate of drug-likeness (QED) is 0.633. The molecule has 2 atom stereocenters. The normalized spacial score (nSPS) is 26.5. The standard InChI is InChI=1S/C15H19N3O4/c19-15(17-12-6-10-4-5-11(7-12)16-10)9-22-14-3-1-2-13(8-14)18(20)21/h1-3,8,10-12,16H,4-7,9H2,(H,17,19). The molecule has 0 saturated carbocycles. The summed E-state index contributed by atoms with van der Waals surface area (Å²) in [5.41, 5.74) is -0.0483. The summed E-state index contributed by atoms with van der Waals surface area (Å²) >= 11 is 0. The van der Waals surface area contributed by atoms with Crippen molar-refractivity contribution < 1.29 is 14.5 Å². The lowest BCUT2D eigenvalue weighted by molar-refractivity contribution is -0.384. The highest BCUT2D eigenvalue weighted by molar-refractivity contribution is 5.77. The molecule has 2 aliphatic rings. The Morgan fingerprint density at radius 1 is 1.36 bits per heavy atom. The van der Waals surface area contributed by atoms with Crippen LogP contribution in [0.5, 0.6) is 5.75 Å². The van der Waals surface area contributed by atoms with Crippen molar-refractivity contribution in [3.63, 3.8) is 0 Å². The minimum Gasteiger partial charge on any atom is -0.484 e. The zero-order valence-electron chi connectivity index (χ0n) is 12.2. The maximum absolute atomic E-state index is 11.9. The number of carbonyl (C=O) groups excluding carboxylic acids is 1. The molecule has 1 aromatic rings. The van der Waals surface area contributed by atoms with Crippen LogP contribution in [0.2, 0.25) is 0 Å². The van der Waals surface area contributed by atoms with Gasteiger partial charge < -0.3 is 15.4 Å². The Labute approximate surface area is 128 Å². The molecule has 7 nitrogen and oxygen atoms in total. The van der Waals surface area contributed by atoms with Gasteiger partial charge in [0, 0.05) is 24.2 Å². The lowest BCUT2D eigenvalue weighted by Crippen LogP contribution is -2.48. The summed E-state index contributed by atoms with van der Waals surface area (Å²) in [6.07, 6.45) is 4.28. The van der Waals surface area contributed by atoms with E-state index in [1.54, 1.807) is 6.07 Å². The number of non-ortho nitro benzene ring substituents is 1. The lowest BCUT2D eigenvalue weighted by Gasteiger charge is -2.29. The third kappa shape index (κ3) is 3.54. The SMILES string of the molecule is O=C(COc1cccc([N+](=O)[O-])c1)NC1CC2CCC(C1)N2. The van der Waals surface area contributed by atoms with Gasteiger partial charge in [-0.3, -0.25) is 14.9 Å². The fourth-order valence-corrected chi connectivity index (χ4v) is 3.28. The van der Waals surface area contributed by atoms with E-state index in [4.69, 9.17) is 4.74 Å². The number of carbonyl (C=O) groups is 1. The van der Waals surface area contributed by atoms with E-state index in [1.165, 1.54) is 31.0 Å². The second kappa shape index (κ2) is 6.31. The van der Waals surface area contributed by atoms with Crippen LogP contribution in [-0.4, -0.2) is 35.6 Å². The van der Waals surface area contributed by atoms with Gasteiger partial charge >= 0.3 is 0 Å². The van der Waals surface area contributed by atoms with Crippen molar-refractivity contribution in [1.29, 1.82) is 0 Å². The summed E-state index contributed by atoms with van der Waals surface area (Å²) in [5, 5.41) is 17.2. The van der Waals surface area contributed by atoms with Crippen molar-refractivity contribution in [3.05, 3.63) is 34.4 Å². The van der Waals surface area contributed by atoms with E-state index in [1.807, 2.05) is 0 Å². The molecule has 2 fully saturated rings. The monoisotopic (exact) mass is 305 g/mol. The molecular formula is C15H19N3O4. The fraction of sp³-hybridized carbons (Fsp3) is 0.533. The number of piperidine rings is 1. The number of nitro benzene ring substituents is 1. The second-order valence-corrected chi connectivity index (χ2v) is 5.92. The number of benzene rings is 1. The molecule has 22 heavy (non-hydrogen) atoms. The number of fused-ring (bicyclic) bond motifs is 2. The van der Waals surface area contributed by atoms with E-state index in [0.29, 0.717) is 17.8 Å². The van der Waals surface area contributed by atoms with Gasteiger partial charge in [0.1, 0.15) is 5.75 Å². The molecule has 2 unspecified atom stereocenters. The van der Waals surface area contributed by atoms with Crippen LogP contribution in [-0.2, 0) is 4.79 Å². The largest absolute Gasteiger partial charge is 0.484 e. The molecule has 1 aromatic carbocycles. The first kappa shape index (κ1) is 14.8. The van der Waals surface area contributed by atoms with Gasteiger partial charge in [0.05, 0.1) is 11.0 Å². The predicted molar refractivity (Wildman–Crippen MR) is 79.7 cm³/mol. The Kier molecular flexibility index (Phi) is 4.24. The maximum atomic E-state index is 11.9. The molecule has 7 heteroatoms. The van der Waals surface area contributed by atoms with Gasteiger partial charge in [-0.25, -0.2) is 0 Å². The van der Waals surface area contributed by atoms with Crippen LogP contribution < -0.4 is 15.4 Å². The molecule has 1 amide bonds. The number of hydrogen-bond donors (Lipinski definition) is 2. The molecule has 2 N–H and O–H groups in total. The minimum absolute atomic E-state index is 0.0483. The maximum Gasteiger partial charge on any atom is 0.273 e. The highest BCUT2D eigenvalue weighted by Gasteiger charge is 2.33. The number of nitrogens with one attached hydrogen (secondary N) is 2. The first-order valence-corrected chi connectivity index (χ1v) is 7.53. The number of rotatable bonds is 5. The predicted octanol–water partition coefficient (Wildman–Crippen LogP) is 1.37. The van der Waals surface area contributed by atoms with Gasteiger partial charge in [0.15, 0.2) is 6.61 Å². The summed E-state index contributed by atoms with van der Waals surface area (Å²) in [6.45, 7) is -0.125. The molecule has 2 aliphatic heterocycles. The van der Waals surface area contributed by atoms with Crippen LogP contribution in [0.4, 0.5) is 5.69 Å². The Morgan fingerprint density at radius 2 is 2.09 bits per heavy atom. The Bertz CT molecular complexity index is 566. The Morgan fingerprint density at radius 3 is 2.77 bits per heavy atom. The minimum atomic E-state index is -0.488. The van der Waals surface area contributed by atoms with Crippen molar-refractivity contribution in [2.75, 3.05) is 6.61 Å². The number of amides is 1. The van der Waals surface area contributed by atoms with Gasteiger partial charge in [-0.15, -0.1) is 0 Å². The summed E-state index contributed by atoms with van der Waals surface area (Å²) in [7, 11) is 0. The van der Waals surface area contributed by atoms with Gasteiger partial charge in [-0.2, -0.15) is 0 Å². The van der Waals surface area contributed by atoms with Crippen LogP contribution >= 0.6 is 0 Å². The van der Waals surface area contributed by atoms with Crippen LogP contribution in [0, 0.1) is 10.1 Å². The summed E-state index contributed by atoms with van der Waals surface area (Å²) in [4.78, 5) is 22.1. The summed E-state index contributed by atoms with van der Waals surface area (Å²) < 4.78 is 5.34. The Balaban J connectivity index is 1.48. The summed E-state index contributed by atoms with van der Waals surface area (Å²) in [5.74, 6) is 0.146. The zero-order valence-corrected chi connectivity index (χ0v) is 12.2. The van der Waals surface area contributed by atoms with E-state index in [-0.39, 0.29) is 24.2 Å². The van der Waals surface area contributed by atoms with Gasteiger partial charge in [0.2, 0.25) is 0 Å². The third-order valence-electron chi connectivity index (χ3n) is 4.24. The van der Waals surface area contributed by atoms with Crippen LogP contribution in [0.3, 0.4) is 0 Å². The smallest absolute Gasteiger partial charge is 0.273 e. The Hall–Kier alpha value is -2.15. The van der Waals surface area contributed by atoms with Crippen LogP contribution in [0.1, 0.15) is 25.7 Å². The van der Waals surface area contributed by atoms with Gasteiger partial charge in [-0.05, 0) is 31.7 Å². The molecule has 2 saturated heterocycles. The van der Waals surface area contributed by atoms with Crippen molar-refractivity contribution in [3.8, 4) is 5.75 Å².